The Bertz CT molecular complexity index is 348. The Labute approximate surface area is 113 Å². The molecule has 3 atom stereocenters. The summed E-state index contributed by atoms with van der Waals surface area (Å²) >= 11 is 0. The third-order valence-corrected chi connectivity index (χ3v) is 4.32. The summed E-state index contributed by atoms with van der Waals surface area (Å²) in [6.07, 6.45) is 4.57. The molecule has 19 heavy (non-hydrogen) atoms. The van der Waals surface area contributed by atoms with E-state index in [0.717, 1.165) is 25.8 Å². The van der Waals surface area contributed by atoms with Crippen molar-refractivity contribution in [1.82, 2.24) is 15.5 Å². The molecule has 0 bridgehead atoms. The molecule has 1 saturated carbocycles. The Morgan fingerprint density at radius 3 is 2.68 bits per heavy atom. The molecule has 0 aromatic rings. The lowest BCUT2D eigenvalue weighted by molar-refractivity contribution is -0.142. The average molecular weight is 269 g/mol. The number of amides is 2. The van der Waals surface area contributed by atoms with Gasteiger partial charge >= 0.3 is 12.0 Å². The minimum absolute atomic E-state index is 0.223. The van der Waals surface area contributed by atoms with Gasteiger partial charge in [-0.1, -0.05) is 6.42 Å². The molecule has 1 saturated heterocycles. The number of hydrogen-bond acceptors (Lipinski definition) is 3. The molecule has 2 fully saturated rings. The number of carbonyl (C=O) groups is 2. The van der Waals surface area contributed by atoms with Crippen molar-refractivity contribution in [2.75, 3.05) is 20.1 Å². The van der Waals surface area contributed by atoms with Crippen LogP contribution in [0.2, 0.25) is 0 Å². The maximum Gasteiger partial charge on any atom is 0.315 e. The molecule has 2 aliphatic rings. The number of carbonyl (C=O) groups excluding carboxylic acids is 1. The lowest BCUT2D eigenvalue weighted by atomic mass is 10.0. The van der Waals surface area contributed by atoms with Crippen molar-refractivity contribution in [3.05, 3.63) is 0 Å². The van der Waals surface area contributed by atoms with Crippen molar-refractivity contribution < 1.29 is 14.7 Å². The van der Waals surface area contributed by atoms with Crippen LogP contribution in [0, 0.1) is 5.92 Å². The van der Waals surface area contributed by atoms with Crippen LogP contribution in [0.1, 0.15) is 32.1 Å². The molecule has 2 amide bonds. The van der Waals surface area contributed by atoms with E-state index in [1.54, 1.807) is 0 Å². The van der Waals surface area contributed by atoms with Crippen molar-refractivity contribution >= 4 is 12.0 Å². The average Bonchev–Trinajstić information content (AvgIpc) is 2.95. The molecule has 6 heteroatoms. The van der Waals surface area contributed by atoms with Gasteiger partial charge in [0.05, 0.1) is 5.92 Å². The summed E-state index contributed by atoms with van der Waals surface area (Å²) in [5.41, 5.74) is 0. The molecule has 6 nitrogen and oxygen atoms in total. The number of rotatable bonds is 4. The molecule has 2 rings (SSSR count). The highest BCUT2D eigenvalue weighted by atomic mass is 16.4. The molecule has 1 heterocycles. The van der Waals surface area contributed by atoms with Crippen LogP contribution >= 0.6 is 0 Å². The van der Waals surface area contributed by atoms with E-state index in [1.807, 2.05) is 0 Å². The van der Waals surface area contributed by atoms with Crippen molar-refractivity contribution in [2.24, 2.45) is 5.92 Å². The quantitative estimate of drug-likeness (QED) is 0.699. The molecular formula is C13H23N3O3. The first-order chi connectivity index (χ1) is 9.08. The zero-order valence-electron chi connectivity index (χ0n) is 11.4. The maximum absolute atomic E-state index is 11.8. The van der Waals surface area contributed by atoms with Crippen molar-refractivity contribution in [3.63, 3.8) is 0 Å². The highest BCUT2D eigenvalue weighted by Gasteiger charge is 2.34. The predicted octanol–water partition coefficient (Wildman–Crippen LogP) is 0.633. The van der Waals surface area contributed by atoms with Crippen LogP contribution in [-0.4, -0.2) is 54.2 Å². The molecule has 0 aromatic heterocycles. The Balaban J connectivity index is 1.73. The van der Waals surface area contributed by atoms with E-state index < -0.39 is 11.9 Å². The summed E-state index contributed by atoms with van der Waals surface area (Å²) < 4.78 is 0. The molecular weight excluding hydrogens is 246 g/mol. The van der Waals surface area contributed by atoms with Gasteiger partial charge < -0.3 is 20.6 Å². The summed E-state index contributed by atoms with van der Waals surface area (Å²) in [7, 11) is 2.06. The van der Waals surface area contributed by atoms with E-state index in [9.17, 15) is 9.59 Å². The van der Waals surface area contributed by atoms with Crippen molar-refractivity contribution in [3.8, 4) is 0 Å². The van der Waals surface area contributed by atoms with E-state index in [4.69, 9.17) is 5.11 Å². The number of likely N-dealkylation sites (N-methyl/N-ethyl adjacent to an activating group) is 1. The summed E-state index contributed by atoms with van der Waals surface area (Å²) in [5.74, 6) is -1.24. The fourth-order valence-corrected chi connectivity index (χ4v) is 3.10. The minimum Gasteiger partial charge on any atom is -0.481 e. The van der Waals surface area contributed by atoms with Crippen LogP contribution < -0.4 is 10.6 Å². The minimum atomic E-state index is -0.807. The van der Waals surface area contributed by atoms with E-state index in [-0.39, 0.29) is 12.1 Å². The van der Waals surface area contributed by atoms with E-state index in [2.05, 4.69) is 22.6 Å². The maximum atomic E-state index is 11.8. The van der Waals surface area contributed by atoms with Gasteiger partial charge in [0, 0.05) is 18.6 Å². The number of carboxylic acid groups (broad SMARTS) is 1. The van der Waals surface area contributed by atoms with Gasteiger partial charge in [-0.15, -0.1) is 0 Å². The zero-order chi connectivity index (χ0) is 13.8. The van der Waals surface area contributed by atoms with Gasteiger partial charge in [0.15, 0.2) is 0 Å². The van der Waals surface area contributed by atoms with Gasteiger partial charge in [0.1, 0.15) is 0 Å². The number of urea groups is 1. The lowest BCUT2D eigenvalue weighted by Crippen LogP contribution is -2.48. The topological polar surface area (TPSA) is 81.7 Å². The number of nitrogens with zero attached hydrogens (tertiary/aromatic N) is 1. The first-order valence-corrected chi connectivity index (χ1v) is 7.05. The van der Waals surface area contributed by atoms with Gasteiger partial charge in [-0.2, -0.15) is 0 Å². The summed E-state index contributed by atoms with van der Waals surface area (Å²) in [5, 5.41) is 14.7. The Morgan fingerprint density at radius 2 is 2.05 bits per heavy atom. The SMILES string of the molecule is CN1CCCC1CNC(=O)NC1CCCC1C(=O)O. The molecule has 0 spiro atoms. The molecule has 108 valence electrons. The normalized spacial score (nSPS) is 31.3. The van der Waals surface area contributed by atoms with Gasteiger partial charge in [-0.3, -0.25) is 4.79 Å². The number of carboxylic acids is 1. The second kappa shape index (κ2) is 6.23. The largest absolute Gasteiger partial charge is 0.481 e. The highest BCUT2D eigenvalue weighted by molar-refractivity contribution is 5.77. The predicted molar refractivity (Wildman–Crippen MR) is 71.0 cm³/mol. The molecule has 1 aliphatic carbocycles. The lowest BCUT2D eigenvalue weighted by Gasteiger charge is -2.22. The first-order valence-electron chi connectivity index (χ1n) is 7.05. The van der Waals surface area contributed by atoms with Gasteiger partial charge in [-0.05, 0) is 39.3 Å². The Morgan fingerprint density at radius 1 is 1.26 bits per heavy atom. The zero-order valence-corrected chi connectivity index (χ0v) is 11.4. The van der Waals surface area contributed by atoms with Crippen LogP contribution in [0.3, 0.4) is 0 Å². The van der Waals surface area contributed by atoms with E-state index >= 15 is 0 Å². The third kappa shape index (κ3) is 3.59. The number of nitrogens with one attached hydrogen (secondary N) is 2. The summed E-state index contributed by atoms with van der Waals surface area (Å²) in [6.45, 7) is 1.71. The van der Waals surface area contributed by atoms with Crippen LogP contribution in [0.4, 0.5) is 4.79 Å². The number of hydrogen-bond donors (Lipinski definition) is 3. The standard InChI is InChI=1S/C13H23N3O3/c1-16-7-3-4-9(16)8-14-13(19)15-11-6-2-5-10(11)12(17)18/h9-11H,2-8H2,1H3,(H,17,18)(H2,14,15,19). The van der Waals surface area contributed by atoms with Crippen molar-refractivity contribution in [1.29, 1.82) is 0 Å². The third-order valence-electron chi connectivity index (χ3n) is 4.32. The molecule has 3 N–H and O–H groups in total. The van der Waals surface area contributed by atoms with Crippen LogP contribution in [-0.2, 0) is 4.79 Å². The second-order valence-electron chi connectivity index (χ2n) is 5.61. The fourth-order valence-electron chi connectivity index (χ4n) is 3.10. The van der Waals surface area contributed by atoms with Crippen LogP contribution in [0.25, 0.3) is 0 Å². The first kappa shape index (κ1) is 14.1. The highest BCUT2D eigenvalue weighted by Crippen LogP contribution is 2.25. The van der Waals surface area contributed by atoms with Gasteiger partial charge in [-0.25, -0.2) is 4.79 Å². The van der Waals surface area contributed by atoms with Gasteiger partial charge in [0.2, 0.25) is 0 Å². The number of likely N-dealkylation sites (tertiary alicyclic amines) is 1. The molecule has 1 aliphatic heterocycles. The van der Waals surface area contributed by atoms with Gasteiger partial charge in [0.25, 0.3) is 0 Å². The molecule has 0 radical (unpaired) electrons. The molecule has 3 unspecified atom stereocenters. The Kier molecular flexibility index (Phi) is 4.63. The van der Waals surface area contributed by atoms with E-state index in [1.165, 1.54) is 6.42 Å². The van der Waals surface area contributed by atoms with E-state index in [0.29, 0.717) is 19.0 Å². The summed E-state index contributed by atoms with van der Waals surface area (Å²) in [6, 6.07) is -0.0538. The summed E-state index contributed by atoms with van der Waals surface area (Å²) in [4.78, 5) is 25.1. The smallest absolute Gasteiger partial charge is 0.315 e. The monoisotopic (exact) mass is 269 g/mol. The number of aliphatic carboxylic acids is 1. The van der Waals surface area contributed by atoms with Crippen molar-refractivity contribution in [2.45, 2.75) is 44.2 Å². The fraction of sp³-hybridized carbons (Fsp3) is 0.846. The van der Waals surface area contributed by atoms with Crippen LogP contribution in [0.15, 0.2) is 0 Å². The van der Waals surface area contributed by atoms with Crippen LogP contribution in [0.5, 0.6) is 0 Å². The molecule has 0 aromatic carbocycles. The Hall–Kier alpha value is -1.30. The second-order valence-corrected chi connectivity index (χ2v) is 5.61.